The van der Waals surface area contributed by atoms with Gasteiger partial charge < -0.3 is 15.4 Å². The molecule has 0 aliphatic carbocycles. The molecule has 0 amide bonds. The summed E-state index contributed by atoms with van der Waals surface area (Å²) < 4.78 is 4.96. The van der Waals surface area contributed by atoms with Crippen LogP contribution >= 0.6 is 12.2 Å². The lowest BCUT2D eigenvalue weighted by Crippen LogP contribution is -2.29. The molecule has 0 heterocycles. The summed E-state index contributed by atoms with van der Waals surface area (Å²) in [6, 6.07) is 5.36. The number of benzene rings is 1. The highest BCUT2D eigenvalue weighted by atomic mass is 32.1. The Balaban J connectivity index is 2.72. The monoisotopic (exact) mass is 280 g/mol. The van der Waals surface area contributed by atoms with Gasteiger partial charge in [-0.15, -0.1) is 0 Å². The summed E-state index contributed by atoms with van der Waals surface area (Å²) in [5.74, 6) is -0.302. The molecule has 0 aromatic heterocycles. The van der Waals surface area contributed by atoms with E-state index in [1.165, 1.54) is 0 Å². The largest absolute Gasteiger partial charge is 0.462 e. The Hall–Kier alpha value is -1.62. The molecule has 0 spiro atoms. The lowest BCUT2D eigenvalue weighted by molar-refractivity contribution is 0.0526. The molecule has 104 valence electrons. The molecule has 19 heavy (non-hydrogen) atoms. The molecular weight excluding hydrogens is 260 g/mol. The number of nitrogens with one attached hydrogen (secondary N) is 2. The number of aryl methyl sites for hydroxylation is 1. The summed E-state index contributed by atoms with van der Waals surface area (Å²) in [5.41, 5.74) is 2.39. The maximum Gasteiger partial charge on any atom is 0.338 e. The molecule has 0 atom stereocenters. The number of esters is 1. The Labute approximate surface area is 119 Å². The zero-order valence-corrected chi connectivity index (χ0v) is 12.4. The van der Waals surface area contributed by atoms with Crippen molar-refractivity contribution in [3.63, 3.8) is 0 Å². The number of rotatable bonds is 5. The van der Waals surface area contributed by atoms with Crippen molar-refractivity contribution in [1.29, 1.82) is 0 Å². The highest BCUT2D eigenvalue weighted by Gasteiger charge is 2.08. The van der Waals surface area contributed by atoms with E-state index in [1.807, 2.05) is 13.0 Å². The molecule has 0 aliphatic heterocycles. The van der Waals surface area contributed by atoms with Crippen LogP contribution in [0.1, 0.15) is 36.2 Å². The van der Waals surface area contributed by atoms with E-state index >= 15 is 0 Å². The minimum absolute atomic E-state index is 0.302. The van der Waals surface area contributed by atoms with Crippen molar-refractivity contribution in [3.05, 3.63) is 29.3 Å². The summed E-state index contributed by atoms with van der Waals surface area (Å²) in [5, 5.41) is 6.80. The quantitative estimate of drug-likeness (QED) is 0.641. The Morgan fingerprint density at radius 3 is 2.68 bits per heavy atom. The van der Waals surface area contributed by atoms with Crippen LogP contribution in [0, 0.1) is 6.92 Å². The highest BCUT2D eigenvalue weighted by molar-refractivity contribution is 7.80. The number of anilines is 1. The SMILES string of the molecule is CCCNC(=S)Nc1ccc(C(=O)OCC)cc1C. The van der Waals surface area contributed by atoms with Crippen molar-refractivity contribution in [2.45, 2.75) is 27.2 Å². The topological polar surface area (TPSA) is 50.4 Å². The molecule has 5 heteroatoms. The summed E-state index contributed by atoms with van der Waals surface area (Å²) in [4.78, 5) is 11.6. The predicted octanol–water partition coefficient (Wildman–Crippen LogP) is 2.87. The second-order valence-electron chi connectivity index (χ2n) is 4.13. The summed E-state index contributed by atoms with van der Waals surface area (Å²) in [6.45, 7) is 7.01. The Bertz CT molecular complexity index is 461. The van der Waals surface area contributed by atoms with Crippen LogP contribution in [-0.2, 0) is 4.74 Å². The maximum absolute atomic E-state index is 11.6. The fourth-order valence-electron chi connectivity index (χ4n) is 1.55. The fraction of sp³-hybridized carbons (Fsp3) is 0.429. The van der Waals surface area contributed by atoms with Gasteiger partial charge in [-0.1, -0.05) is 6.92 Å². The van der Waals surface area contributed by atoms with Crippen LogP contribution < -0.4 is 10.6 Å². The van der Waals surface area contributed by atoms with Crippen LogP contribution in [0.25, 0.3) is 0 Å². The lowest BCUT2D eigenvalue weighted by atomic mass is 10.1. The Morgan fingerprint density at radius 1 is 1.37 bits per heavy atom. The molecule has 1 rings (SSSR count). The fourth-order valence-corrected chi connectivity index (χ4v) is 1.76. The molecule has 0 bridgehead atoms. The van der Waals surface area contributed by atoms with Gasteiger partial charge in [0.05, 0.1) is 12.2 Å². The van der Waals surface area contributed by atoms with Gasteiger partial charge in [-0.25, -0.2) is 4.79 Å². The molecular formula is C14H20N2O2S. The van der Waals surface area contributed by atoms with Crippen molar-refractivity contribution >= 4 is 29.0 Å². The first-order valence-electron chi connectivity index (χ1n) is 6.41. The highest BCUT2D eigenvalue weighted by Crippen LogP contribution is 2.17. The summed E-state index contributed by atoms with van der Waals surface area (Å²) >= 11 is 5.17. The van der Waals surface area contributed by atoms with Crippen LogP contribution in [0.4, 0.5) is 5.69 Å². The molecule has 4 nitrogen and oxygen atoms in total. The molecule has 0 unspecified atom stereocenters. The van der Waals surface area contributed by atoms with E-state index in [9.17, 15) is 4.79 Å². The average Bonchev–Trinajstić information content (AvgIpc) is 2.39. The second-order valence-corrected chi connectivity index (χ2v) is 4.54. The molecule has 0 saturated heterocycles. The molecule has 1 aromatic carbocycles. The number of hydrogen-bond acceptors (Lipinski definition) is 3. The molecule has 0 aliphatic rings. The van der Waals surface area contributed by atoms with E-state index in [4.69, 9.17) is 17.0 Å². The first kappa shape index (κ1) is 15.4. The predicted molar refractivity (Wildman–Crippen MR) is 81.6 cm³/mol. The van der Waals surface area contributed by atoms with Gasteiger partial charge in [-0.05, 0) is 56.2 Å². The first-order valence-corrected chi connectivity index (χ1v) is 6.82. The van der Waals surface area contributed by atoms with E-state index in [1.54, 1.807) is 19.1 Å². The smallest absolute Gasteiger partial charge is 0.338 e. The standard InChI is InChI=1S/C14H20N2O2S/c1-4-8-15-14(19)16-12-7-6-11(9-10(12)3)13(17)18-5-2/h6-7,9H,4-5,8H2,1-3H3,(H2,15,16,19). The van der Waals surface area contributed by atoms with E-state index in [0.29, 0.717) is 17.3 Å². The molecule has 2 N–H and O–H groups in total. The van der Waals surface area contributed by atoms with Gasteiger partial charge in [0.1, 0.15) is 0 Å². The first-order chi connectivity index (χ1) is 9.08. The Kier molecular flexibility index (Phi) is 6.29. The summed E-state index contributed by atoms with van der Waals surface area (Å²) in [6.07, 6.45) is 1.02. The number of carbonyl (C=O) groups is 1. The van der Waals surface area contributed by atoms with Gasteiger partial charge in [0.25, 0.3) is 0 Å². The molecule has 0 saturated carbocycles. The van der Waals surface area contributed by atoms with E-state index in [0.717, 1.165) is 24.2 Å². The third-order valence-electron chi connectivity index (χ3n) is 2.52. The maximum atomic E-state index is 11.6. The minimum Gasteiger partial charge on any atom is -0.462 e. The molecule has 0 fully saturated rings. The molecule has 1 aromatic rings. The minimum atomic E-state index is -0.302. The van der Waals surface area contributed by atoms with Gasteiger partial charge in [0.2, 0.25) is 0 Å². The Morgan fingerprint density at radius 2 is 2.11 bits per heavy atom. The van der Waals surface area contributed by atoms with E-state index in [2.05, 4.69) is 17.6 Å². The third-order valence-corrected chi connectivity index (χ3v) is 2.77. The summed E-state index contributed by atoms with van der Waals surface area (Å²) in [7, 11) is 0. The van der Waals surface area contributed by atoms with Crippen molar-refractivity contribution in [1.82, 2.24) is 5.32 Å². The second kappa shape index (κ2) is 7.74. The van der Waals surface area contributed by atoms with Crippen molar-refractivity contribution in [3.8, 4) is 0 Å². The van der Waals surface area contributed by atoms with Crippen LogP contribution in [0.15, 0.2) is 18.2 Å². The number of carbonyl (C=O) groups excluding carboxylic acids is 1. The van der Waals surface area contributed by atoms with Crippen molar-refractivity contribution < 1.29 is 9.53 Å². The number of ether oxygens (including phenoxy) is 1. The average molecular weight is 280 g/mol. The van der Waals surface area contributed by atoms with Gasteiger partial charge in [-0.3, -0.25) is 0 Å². The van der Waals surface area contributed by atoms with Crippen LogP contribution in [0.5, 0.6) is 0 Å². The van der Waals surface area contributed by atoms with Gasteiger partial charge in [0.15, 0.2) is 5.11 Å². The van der Waals surface area contributed by atoms with Crippen LogP contribution in [0.2, 0.25) is 0 Å². The van der Waals surface area contributed by atoms with Gasteiger partial charge in [-0.2, -0.15) is 0 Å². The van der Waals surface area contributed by atoms with Gasteiger partial charge >= 0.3 is 5.97 Å². The van der Waals surface area contributed by atoms with Crippen molar-refractivity contribution in [2.24, 2.45) is 0 Å². The molecule has 0 radical (unpaired) electrons. The zero-order valence-electron chi connectivity index (χ0n) is 11.6. The van der Waals surface area contributed by atoms with Crippen LogP contribution in [-0.4, -0.2) is 24.2 Å². The van der Waals surface area contributed by atoms with Gasteiger partial charge in [0, 0.05) is 12.2 Å². The number of thiocarbonyl (C=S) groups is 1. The zero-order chi connectivity index (χ0) is 14.3. The normalized spacial score (nSPS) is 9.84. The van der Waals surface area contributed by atoms with E-state index in [-0.39, 0.29) is 5.97 Å². The van der Waals surface area contributed by atoms with E-state index < -0.39 is 0 Å². The van der Waals surface area contributed by atoms with Crippen LogP contribution in [0.3, 0.4) is 0 Å². The number of hydrogen-bond donors (Lipinski definition) is 2. The van der Waals surface area contributed by atoms with Crippen molar-refractivity contribution in [2.75, 3.05) is 18.5 Å². The third kappa shape index (κ3) is 4.87. The lowest BCUT2D eigenvalue weighted by Gasteiger charge is -2.12.